The second-order valence-electron chi connectivity index (χ2n) is 5.41. The third kappa shape index (κ3) is 2.79. The number of fused-ring (bicyclic) bond motifs is 1. The predicted molar refractivity (Wildman–Crippen MR) is 80.8 cm³/mol. The highest BCUT2D eigenvalue weighted by Gasteiger charge is 2.11. The molecule has 0 radical (unpaired) electrons. The smallest absolute Gasteiger partial charge is 0.122 e. The van der Waals surface area contributed by atoms with Crippen molar-refractivity contribution in [2.75, 3.05) is 13.2 Å². The Labute approximate surface area is 120 Å². The van der Waals surface area contributed by atoms with E-state index in [1.165, 1.54) is 22.3 Å². The van der Waals surface area contributed by atoms with Crippen LogP contribution in [0.1, 0.15) is 22.3 Å². The van der Waals surface area contributed by atoms with Gasteiger partial charge in [-0.2, -0.15) is 0 Å². The first kappa shape index (κ1) is 13.0. The van der Waals surface area contributed by atoms with E-state index in [1.54, 1.807) is 0 Å². The highest BCUT2D eigenvalue weighted by molar-refractivity contribution is 5.40. The Bertz CT molecular complexity index is 617. The summed E-state index contributed by atoms with van der Waals surface area (Å²) in [5.41, 5.74) is 5.08. The van der Waals surface area contributed by atoms with Crippen LogP contribution in [0.4, 0.5) is 0 Å². The average molecular weight is 268 g/mol. The second-order valence-corrected chi connectivity index (χ2v) is 5.41. The van der Waals surface area contributed by atoms with Crippen LogP contribution in [0.25, 0.3) is 0 Å². The highest BCUT2D eigenvalue weighted by atomic mass is 16.5. The van der Waals surface area contributed by atoms with Crippen LogP contribution >= 0.6 is 0 Å². The minimum absolute atomic E-state index is 0.712. The average Bonchev–Trinajstić information content (AvgIpc) is 2.90. The van der Waals surface area contributed by atoms with E-state index in [0.717, 1.165) is 30.9 Å². The summed E-state index contributed by atoms with van der Waals surface area (Å²) in [7, 11) is 0. The molecule has 1 aliphatic rings. The van der Waals surface area contributed by atoms with E-state index in [-0.39, 0.29) is 0 Å². The summed E-state index contributed by atoms with van der Waals surface area (Å²) in [6.07, 6.45) is 1.96. The van der Waals surface area contributed by atoms with Crippen LogP contribution in [0.5, 0.6) is 11.5 Å². The number of hydrogen-bond donors (Lipinski definition) is 0. The van der Waals surface area contributed by atoms with Gasteiger partial charge in [0.05, 0.1) is 13.2 Å². The van der Waals surface area contributed by atoms with E-state index in [4.69, 9.17) is 9.47 Å². The summed E-state index contributed by atoms with van der Waals surface area (Å²) >= 11 is 0. The number of hydrogen-bond acceptors (Lipinski definition) is 2. The normalized spacial score (nSPS) is 12.9. The molecule has 104 valence electrons. The first-order valence-electron chi connectivity index (χ1n) is 7.17. The largest absolute Gasteiger partial charge is 0.493 e. The quantitative estimate of drug-likeness (QED) is 0.838. The Kier molecular flexibility index (Phi) is 3.64. The van der Waals surface area contributed by atoms with Crippen LogP contribution in [-0.4, -0.2) is 13.2 Å². The molecule has 0 aliphatic carbocycles. The number of aryl methyl sites for hydroxylation is 2. The van der Waals surface area contributed by atoms with Crippen molar-refractivity contribution in [1.29, 1.82) is 0 Å². The number of rotatable bonds is 4. The predicted octanol–water partition coefficient (Wildman–Crippen LogP) is 3.86. The summed E-state index contributed by atoms with van der Waals surface area (Å²) in [6.45, 7) is 5.70. The van der Waals surface area contributed by atoms with Gasteiger partial charge in [-0.3, -0.25) is 0 Å². The molecule has 2 aromatic rings. The zero-order valence-corrected chi connectivity index (χ0v) is 12.1. The zero-order valence-electron chi connectivity index (χ0n) is 12.1. The van der Waals surface area contributed by atoms with Gasteiger partial charge in [-0.15, -0.1) is 0 Å². The topological polar surface area (TPSA) is 18.5 Å². The van der Waals surface area contributed by atoms with Gasteiger partial charge in [-0.1, -0.05) is 24.3 Å². The first-order valence-corrected chi connectivity index (χ1v) is 7.17. The van der Waals surface area contributed by atoms with Crippen molar-refractivity contribution >= 4 is 0 Å². The minimum atomic E-state index is 0.712. The Hall–Kier alpha value is -1.96. The molecular weight excluding hydrogens is 248 g/mol. The fourth-order valence-electron chi connectivity index (χ4n) is 2.54. The van der Waals surface area contributed by atoms with Gasteiger partial charge in [0.2, 0.25) is 0 Å². The van der Waals surface area contributed by atoms with Crippen molar-refractivity contribution < 1.29 is 9.47 Å². The molecule has 0 bridgehead atoms. The van der Waals surface area contributed by atoms with Crippen LogP contribution < -0.4 is 9.47 Å². The Morgan fingerprint density at radius 2 is 2.00 bits per heavy atom. The molecule has 0 N–H and O–H groups in total. The fraction of sp³-hybridized carbons (Fsp3) is 0.333. The lowest BCUT2D eigenvalue weighted by molar-refractivity contribution is 0.319. The third-order valence-corrected chi connectivity index (χ3v) is 3.75. The Morgan fingerprint density at radius 3 is 2.90 bits per heavy atom. The third-order valence-electron chi connectivity index (χ3n) is 3.75. The van der Waals surface area contributed by atoms with E-state index >= 15 is 0 Å². The molecule has 2 aromatic carbocycles. The summed E-state index contributed by atoms with van der Waals surface area (Å²) < 4.78 is 11.4. The molecule has 0 spiro atoms. The van der Waals surface area contributed by atoms with Gasteiger partial charge < -0.3 is 9.47 Å². The van der Waals surface area contributed by atoms with Gasteiger partial charge in [0.15, 0.2) is 0 Å². The lowest BCUT2D eigenvalue weighted by atomic mass is 10.1. The SMILES string of the molecule is Cc1ccc(C)c(OCCc2ccc3c(c2)CCO3)c1. The van der Waals surface area contributed by atoms with E-state index in [9.17, 15) is 0 Å². The van der Waals surface area contributed by atoms with E-state index in [0.29, 0.717) is 6.61 Å². The maximum absolute atomic E-state index is 5.91. The monoisotopic (exact) mass is 268 g/mol. The van der Waals surface area contributed by atoms with Crippen molar-refractivity contribution in [2.45, 2.75) is 26.7 Å². The molecule has 2 nitrogen and oxygen atoms in total. The summed E-state index contributed by atoms with van der Waals surface area (Å²) in [5.74, 6) is 2.04. The van der Waals surface area contributed by atoms with Crippen molar-refractivity contribution in [3.63, 3.8) is 0 Å². The van der Waals surface area contributed by atoms with Crippen LogP contribution in [0.15, 0.2) is 36.4 Å². The van der Waals surface area contributed by atoms with Gasteiger partial charge in [-0.05, 0) is 48.2 Å². The number of ether oxygens (including phenoxy) is 2. The molecule has 0 amide bonds. The van der Waals surface area contributed by atoms with Crippen LogP contribution in [0, 0.1) is 13.8 Å². The molecule has 0 saturated heterocycles. The van der Waals surface area contributed by atoms with E-state index in [1.807, 2.05) is 0 Å². The lowest BCUT2D eigenvalue weighted by Crippen LogP contribution is -2.03. The van der Waals surface area contributed by atoms with Crippen molar-refractivity contribution in [2.24, 2.45) is 0 Å². The zero-order chi connectivity index (χ0) is 13.9. The van der Waals surface area contributed by atoms with Gasteiger partial charge in [0.1, 0.15) is 11.5 Å². The fourth-order valence-corrected chi connectivity index (χ4v) is 2.54. The van der Waals surface area contributed by atoms with Gasteiger partial charge >= 0.3 is 0 Å². The molecule has 1 heterocycles. The van der Waals surface area contributed by atoms with Crippen LogP contribution in [0.2, 0.25) is 0 Å². The summed E-state index contributed by atoms with van der Waals surface area (Å²) in [5, 5.41) is 0. The van der Waals surface area contributed by atoms with E-state index < -0.39 is 0 Å². The van der Waals surface area contributed by atoms with Crippen molar-refractivity contribution in [3.05, 3.63) is 58.7 Å². The van der Waals surface area contributed by atoms with E-state index in [2.05, 4.69) is 50.2 Å². The molecule has 0 atom stereocenters. The van der Waals surface area contributed by atoms with Crippen molar-refractivity contribution in [1.82, 2.24) is 0 Å². The summed E-state index contributed by atoms with van der Waals surface area (Å²) in [4.78, 5) is 0. The molecule has 0 saturated carbocycles. The molecule has 0 fully saturated rings. The minimum Gasteiger partial charge on any atom is -0.493 e. The maximum atomic E-state index is 5.91. The van der Waals surface area contributed by atoms with Crippen LogP contribution in [0.3, 0.4) is 0 Å². The molecule has 2 heteroatoms. The molecule has 20 heavy (non-hydrogen) atoms. The van der Waals surface area contributed by atoms with Crippen molar-refractivity contribution in [3.8, 4) is 11.5 Å². The number of benzene rings is 2. The highest BCUT2D eigenvalue weighted by Crippen LogP contribution is 2.26. The molecule has 3 rings (SSSR count). The standard InChI is InChI=1S/C18H20O2/c1-13-3-4-14(2)18(11-13)20-9-7-15-5-6-17-16(12-15)8-10-19-17/h3-6,11-12H,7-10H2,1-2H3. The molecule has 1 aliphatic heterocycles. The second kappa shape index (κ2) is 5.58. The lowest BCUT2D eigenvalue weighted by Gasteiger charge is -2.10. The molecule has 0 aromatic heterocycles. The first-order chi connectivity index (χ1) is 9.72. The Morgan fingerprint density at radius 1 is 1.10 bits per heavy atom. The van der Waals surface area contributed by atoms with Gasteiger partial charge in [0, 0.05) is 12.8 Å². The summed E-state index contributed by atoms with van der Waals surface area (Å²) in [6, 6.07) is 12.8. The Balaban J connectivity index is 1.61. The molecular formula is C18H20O2. The maximum Gasteiger partial charge on any atom is 0.122 e. The van der Waals surface area contributed by atoms with Gasteiger partial charge in [0.25, 0.3) is 0 Å². The van der Waals surface area contributed by atoms with Gasteiger partial charge in [-0.25, -0.2) is 0 Å². The van der Waals surface area contributed by atoms with Crippen LogP contribution in [-0.2, 0) is 12.8 Å². The molecule has 0 unspecified atom stereocenters.